The van der Waals surface area contributed by atoms with Crippen LogP contribution in [-0.2, 0) is 4.79 Å². The van der Waals surface area contributed by atoms with E-state index in [1.807, 2.05) is 47.4 Å². The van der Waals surface area contributed by atoms with Crippen LogP contribution in [0.4, 0.5) is 10.1 Å². The minimum absolute atomic E-state index is 0.0420. The van der Waals surface area contributed by atoms with E-state index in [1.54, 1.807) is 17.1 Å². The molecule has 7 heteroatoms. The number of hydrogen-bond donors (Lipinski definition) is 0. The van der Waals surface area contributed by atoms with Gasteiger partial charge < -0.3 is 4.90 Å². The number of hydrogen-bond acceptors (Lipinski definition) is 4. The monoisotopic (exact) mass is 490 g/mol. The minimum Gasteiger partial charge on any atom is -0.367 e. The molecule has 0 bridgehead atoms. The second kappa shape index (κ2) is 10.2. The lowest BCUT2D eigenvalue weighted by Gasteiger charge is -2.36. The second-order valence-corrected chi connectivity index (χ2v) is 9.46. The Hall–Kier alpha value is -3.22. The first kappa shape index (κ1) is 23.5. The highest BCUT2D eigenvalue weighted by Crippen LogP contribution is 2.36. The maximum atomic E-state index is 14.2. The van der Waals surface area contributed by atoms with Gasteiger partial charge in [0.1, 0.15) is 5.82 Å². The Labute approximate surface area is 210 Å². The van der Waals surface area contributed by atoms with Crippen LogP contribution in [-0.4, -0.2) is 54.3 Å². The van der Waals surface area contributed by atoms with Crippen LogP contribution in [0, 0.1) is 12.7 Å². The molecule has 2 aliphatic rings. The molecule has 5 nitrogen and oxygen atoms in total. The van der Waals surface area contributed by atoms with E-state index in [4.69, 9.17) is 16.7 Å². The molecule has 0 saturated carbocycles. The third kappa shape index (κ3) is 4.95. The molecule has 1 atom stereocenters. The van der Waals surface area contributed by atoms with E-state index in [9.17, 15) is 9.18 Å². The van der Waals surface area contributed by atoms with E-state index < -0.39 is 0 Å². The van der Waals surface area contributed by atoms with Gasteiger partial charge >= 0.3 is 0 Å². The molecule has 5 rings (SSSR count). The van der Waals surface area contributed by atoms with Crippen molar-refractivity contribution in [3.05, 3.63) is 100 Å². The van der Waals surface area contributed by atoms with Crippen molar-refractivity contribution in [3.8, 4) is 0 Å². The molecule has 3 aromatic rings. The predicted octanol–water partition coefficient (Wildman–Crippen LogP) is 5.29. The number of anilines is 1. The number of benzene rings is 3. The van der Waals surface area contributed by atoms with Crippen molar-refractivity contribution in [3.63, 3.8) is 0 Å². The Kier molecular flexibility index (Phi) is 6.84. The molecule has 0 unspecified atom stereocenters. The lowest BCUT2D eigenvalue weighted by Crippen LogP contribution is -2.49. The molecular weight excluding hydrogens is 463 g/mol. The number of amides is 1. The van der Waals surface area contributed by atoms with Crippen LogP contribution in [0.2, 0.25) is 5.02 Å². The molecule has 0 N–H and O–H groups in total. The van der Waals surface area contributed by atoms with Crippen LogP contribution in [0.5, 0.6) is 0 Å². The Bertz CT molecular complexity index is 1250. The van der Waals surface area contributed by atoms with Gasteiger partial charge in [0.05, 0.1) is 24.0 Å². The zero-order valence-electron chi connectivity index (χ0n) is 19.7. The Morgan fingerprint density at radius 2 is 1.66 bits per heavy atom. The van der Waals surface area contributed by atoms with Gasteiger partial charge in [0.25, 0.3) is 5.91 Å². The average Bonchev–Trinajstić information content (AvgIpc) is 3.31. The SMILES string of the molecule is Cc1ccccc1[C@H]1CC(c2ccccc2Cl)=NN1C(=O)CN1CCN(c2ccccc2F)CC1. The van der Waals surface area contributed by atoms with Gasteiger partial charge in [-0.3, -0.25) is 9.69 Å². The lowest BCUT2D eigenvalue weighted by atomic mass is 9.95. The van der Waals surface area contributed by atoms with Gasteiger partial charge in [-0.2, -0.15) is 5.10 Å². The van der Waals surface area contributed by atoms with Crippen LogP contribution in [0.3, 0.4) is 0 Å². The van der Waals surface area contributed by atoms with Crippen LogP contribution in [0.1, 0.15) is 29.2 Å². The Balaban J connectivity index is 1.33. The molecule has 2 aliphatic heterocycles. The van der Waals surface area contributed by atoms with Gasteiger partial charge in [-0.05, 0) is 36.2 Å². The summed E-state index contributed by atoms with van der Waals surface area (Å²) in [6.45, 7) is 5.04. The van der Waals surface area contributed by atoms with Crippen LogP contribution in [0.15, 0.2) is 77.9 Å². The molecule has 3 aromatic carbocycles. The summed E-state index contributed by atoms with van der Waals surface area (Å²) in [6, 6.07) is 22.4. The first-order valence-corrected chi connectivity index (χ1v) is 12.3. The third-order valence-electron chi connectivity index (χ3n) is 6.82. The lowest BCUT2D eigenvalue weighted by molar-refractivity contribution is -0.134. The Morgan fingerprint density at radius 1 is 0.971 bits per heavy atom. The third-order valence-corrected chi connectivity index (χ3v) is 7.15. The molecule has 2 heterocycles. The number of carbonyl (C=O) groups is 1. The Morgan fingerprint density at radius 3 is 2.40 bits per heavy atom. The van der Waals surface area contributed by atoms with Crippen LogP contribution >= 0.6 is 11.6 Å². The number of halogens is 2. The van der Waals surface area contributed by atoms with Gasteiger partial charge in [0.15, 0.2) is 0 Å². The first-order chi connectivity index (χ1) is 17.0. The number of piperazine rings is 1. The van der Waals surface area contributed by atoms with E-state index in [-0.39, 0.29) is 24.3 Å². The van der Waals surface area contributed by atoms with Crippen LogP contribution in [0.25, 0.3) is 0 Å². The average molecular weight is 491 g/mol. The molecule has 35 heavy (non-hydrogen) atoms. The fraction of sp³-hybridized carbons (Fsp3) is 0.286. The van der Waals surface area contributed by atoms with Gasteiger partial charge in [-0.1, -0.05) is 66.2 Å². The zero-order chi connectivity index (χ0) is 24.4. The maximum absolute atomic E-state index is 14.2. The molecule has 0 aromatic heterocycles. The summed E-state index contributed by atoms with van der Waals surface area (Å²) in [7, 11) is 0. The highest BCUT2D eigenvalue weighted by atomic mass is 35.5. The van der Waals surface area contributed by atoms with Gasteiger partial charge in [-0.15, -0.1) is 0 Å². The highest BCUT2D eigenvalue weighted by Gasteiger charge is 2.35. The van der Waals surface area contributed by atoms with E-state index in [0.29, 0.717) is 43.3 Å². The fourth-order valence-corrected chi connectivity index (χ4v) is 5.16. The molecule has 180 valence electrons. The standard InChI is InChI=1S/C28H28ClFN4O/c1-20-8-2-3-9-21(20)27-18-25(22-10-4-5-11-23(22)29)31-34(27)28(35)19-32-14-16-33(17-15-32)26-13-7-6-12-24(26)30/h2-13,27H,14-19H2,1H3/t27-/m1/s1. The molecule has 0 aliphatic carbocycles. The largest absolute Gasteiger partial charge is 0.367 e. The van der Waals surface area contributed by atoms with Crippen molar-refractivity contribution in [2.45, 2.75) is 19.4 Å². The number of aryl methyl sites for hydroxylation is 1. The number of para-hydroxylation sites is 1. The number of hydrazone groups is 1. The summed E-state index contributed by atoms with van der Waals surface area (Å²) >= 11 is 6.46. The van der Waals surface area contributed by atoms with Crippen LogP contribution < -0.4 is 4.90 Å². The summed E-state index contributed by atoms with van der Waals surface area (Å²) in [6.07, 6.45) is 0.612. The molecule has 0 radical (unpaired) electrons. The first-order valence-electron chi connectivity index (χ1n) is 11.9. The number of carbonyl (C=O) groups excluding carboxylic acids is 1. The molecular formula is C28H28ClFN4O. The van der Waals surface area contributed by atoms with Gasteiger partial charge in [-0.25, -0.2) is 9.40 Å². The number of nitrogens with zero attached hydrogens (tertiary/aromatic N) is 4. The van der Waals surface area contributed by atoms with Crippen molar-refractivity contribution >= 4 is 28.9 Å². The fourth-order valence-electron chi connectivity index (χ4n) is 4.92. The summed E-state index contributed by atoms with van der Waals surface area (Å²) in [5.74, 6) is -0.253. The summed E-state index contributed by atoms with van der Waals surface area (Å²) in [5.41, 5.74) is 4.52. The predicted molar refractivity (Wildman–Crippen MR) is 138 cm³/mol. The van der Waals surface area contributed by atoms with E-state index >= 15 is 0 Å². The molecule has 0 spiro atoms. The van der Waals surface area contributed by atoms with Crippen molar-refractivity contribution in [1.29, 1.82) is 0 Å². The second-order valence-electron chi connectivity index (χ2n) is 9.06. The van der Waals surface area contributed by atoms with Crippen molar-refractivity contribution in [2.75, 3.05) is 37.6 Å². The van der Waals surface area contributed by atoms with Gasteiger partial charge in [0.2, 0.25) is 0 Å². The normalized spacial score (nSPS) is 18.6. The van der Waals surface area contributed by atoms with E-state index in [1.165, 1.54) is 6.07 Å². The van der Waals surface area contributed by atoms with Crippen molar-refractivity contribution in [1.82, 2.24) is 9.91 Å². The smallest absolute Gasteiger partial charge is 0.257 e. The topological polar surface area (TPSA) is 39.2 Å². The molecule has 1 amide bonds. The summed E-state index contributed by atoms with van der Waals surface area (Å²) < 4.78 is 14.2. The number of rotatable bonds is 5. The van der Waals surface area contributed by atoms with E-state index in [2.05, 4.69) is 24.0 Å². The molecule has 1 fully saturated rings. The highest BCUT2D eigenvalue weighted by molar-refractivity contribution is 6.34. The zero-order valence-corrected chi connectivity index (χ0v) is 20.5. The molecule has 1 saturated heterocycles. The van der Waals surface area contributed by atoms with E-state index in [0.717, 1.165) is 22.4 Å². The summed E-state index contributed by atoms with van der Waals surface area (Å²) in [5, 5.41) is 7.06. The maximum Gasteiger partial charge on any atom is 0.257 e. The van der Waals surface area contributed by atoms with Gasteiger partial charge in [0, 0.05) is 43.2 Å². The van der Waals surface area contributed by atoms with Crippen molar-refractivity contribution in [2.24, 2.45) is 5.10 Å². The minimum atomic E-state index is -0.211. The summed E-state index contributed by atoms with van der Waals surface area (Å²) in [4.78, 5) is 17.7. The quantitative estimate of drug-likeness (QED) is 0.488. The van der Waals surface area contributed by atoms with Crippen molar-refractivity contribution < 1.29 is 9.18 Å².